The van der Waals surface area contributed by atoms with Crippen molar-refractivity contribution < 1.29 is 17.9 Å². The van der Waals surface area contributed by atoms with Gasteiger partial charge in [-0.05, 0) is 73.5 Å². The molecule has 8 nitrogen and oxygen atoms in total. The first-order chi connectivity index (χ1) is 16.5. The molecule has 0 saturated carbocycles. The van der Waals surface area contributed by atoms with Crippen LogP contribution in [0.15, 0.2) is 77.7 Å². The molecule has 2 heterocycles. The molecule has 1 atom stereocenters. The maximum absolute atomic E-state index is 13.2. The largest absolute Gasteiger partial charge is 0.497 e. The van der Waals surface area contributed by atoms with E-state index < -0.39 is 16.1 Å². The zero-order valence-corrected chi connectivity index (χ0v) is 19.4. The number of nitrogens with zero attached hydrogens (tertiary/aromatic N) is 2. The Morgan fingerprint density at radius 2 is 1.79 bits per heavy atom. The molecule has 2 N–H and O–H groups in total. The van der Waals surface area contributed by atoms with E-state index in [4.69, 9.17) is 4.74 Å². The van der Waals surface area contributed by atoms with Gasteiger partial charge in [-0.15, -0.1) is 0 Å². The highest BCUT2D eigenvalue weighted by molar-refractivity contribution is 7.89. The third-order valence-corrected chi connectivity index (χ3v) is 7.91. The second kappa shape index (κ2) is 8.92. The molecule has 0 unspecified atom stereocenters. The molecule has 1 amide bonds. The van der Waals surface area contributed by atoms with E-state index in [9.17, 15) is 13.2 Å². The number of ether oxygens (including phenoxy) is 1. The van der Waals surface area contributed by atoms with Gasteiger partial charge in [0.05, 0.1) is 23.0 Å². The van der Waals surface area contributed by atoms with Gasteiger partial charge in [0, 0.05) is 17.8 Å². The summed E-state index contributed by atoms with van der Waals surface area (Å²) in [5.41, 5.74) is 3.32. The van der Waals surface area contributed by atoms with Crippen molar-refractivity contribution in [1.82, 2.24) is 14.3 Å². The molecule has 3 aromatic carbocycles. The van der Waals surface area contributed by atoms with Crippen molar-refractivity contribution in [3.8, 4) is 17.1 Å². The van der Waals surface area contributed by atoms with Gasteiger partial charge in [-0.3, -0.25) is 4.79 Å². The minimum atomic E-state index is -3.80. The first-order valence-electron chi connectivity index (χ1n) is 11.0. The monoisotopic (exact) mass is 476 g/mol. The number of para-hydroxylation sites is 2. The Bertz CT molecular complexity index is 1400. The van der Waals surface area contributed by atoms with E-state index in [0.717, 1.165) is 22.4 Å². The van der Waals surface area contributed by atoms with Gasteiger partial charge in [-0.2, -0.15) is 4.31 Å². The number of rotatable bonds is 6. The van der Waals surface area contributed by atoms with Crippen LogP contribution in [0.1, 0.15) is 12.8 Å². The minimum Gasteiger partial charge on any atom is -0.497 e. The number of fused-ring (bicyclic) bond motifs is 1. The lowest BCUT2D eigenvalue weighted by molar-refractivity contribution is -0.119. The molecule has 4 aromatic rings. The molecule has 0 bridgehead atoms. The molecule has 1 aromatic heterocycles. The van der Waals surface area contributed by atoms with Gasteiger partial charge >= 0.3 is 0 Å². The molecule has 174 valence electrons. The highest BCUT2D eigenvalue weighted by Crippen LogP contribution is 2.28. The molecule has 1 aliphatic heterocycles. The van der Waals surface area contributed by atoms with Crippen molar-refractivity contribution in [2.24, 2.45) is 0 Å². The first kappa shape index (κ1) is 22.1. The van der Waals surface area contributed by atoms with E-state index in [1.807, 2.05) is 36.4 Å². The van der Waals surface area contributed by atoms with Crippen LogP contribution in [-0.4, -0.2) is 48.3 Å². The van der Waals surface area contributed by atoms with Crippen molar-refractivity contribution in [3.05, 3.63) is 72.8 Å². The Kier molecular flexibility index (Phi) is 5.80. The quantitative estimate of drug-likeness (QED) is 0.437. The van der Waals surface area contributed by atoms with Crippen LogP contribution in [0, 0.1) is 0 Å². The van der Waals surface area contributed by atoms with Crippen molar-refractivity contribution in [3.63, 3.8) is 0 Å². The maximum Gasteiger partial charge on any atom is 0.243 e. The topological polar surface area (TPSA) is 104 Å². The lowest BCUT2D eigenvalue weighted by Crippen LogP contribution is -2.43. The fourth-order valence-electron chi connectivity index (χ4n) is 4.20. The summed E-state index contributed by atoms with van der Waals surface area (Å²) in [4.78, 5) is 21.0. The Morgan fingerprint density at radius 1 is 1.06 bits per heavy atom. The van der Waals surface area contributed by atoms with Crippen LogP contribution in [-0.2, 0) is 14.8 Å². The molecule has 0 aliphatic carbocycles. The van der Waals surface area contributed by atoms with Crippen LogP contribution >= 0.6 is 0 Å². The molecule has 1 saturated heterocycles. The highest BCUT2D eigenvalue weighted by Gasteiger charge is 2.39. The third kappa shape index (κ3) is 4.15. The maximum atomic E-state index is 13.2. The average Bonchev–Trinajstić information content (AvgIpc) is 3.52. The fraction of sp³-hybridized carbons (Fsp3) is 0.200. The second-order valence-corrected chi connectivity index (χ2v) is 10.0. The molecule has 1 fully saturated rings. The number of aromatic amines is 1. The number of amides is 1. The van der Waals surface area contributed by atoms with Crippen LogP contribution in [0.2, 0.25) is 0 Å². The Morgan fingerprint density at radius 3 is 2.50 bits per heavy atom. The van der Waals surface area contributed by atoms with Crippen molar-refractivity contribution in [1.29, 1.82) is 0 Å². The molecule has 1 aliphatic rings. The smallest absolute Gasteiger partial charge is 0.243 e. The first-order valence-corrected chi connectivity index (χ1v) is 12.4. The van der Waals surface area contributed by atoms with Gasteiger partial charge in [0.1, 0.15) is 17.6 Å². The van der Waals surface area contributed by atoms with Gasteiger partial charge in [-0.25, -0.2) is 13.4 Å². The van der Waals surface area contributed by atoms with E-state index in [0.29, 0.717) is 30.8 Å². The number of sulfonamides is 1. The van der Waals surface area contributed by atoms with E-state index in [-0.39, 0.29) is 10.8 Å². The number of aromatic nitrogens is 2. The number of hydrogen-bond donors (Lipinski definition) is 2. The summed E-state index contributed by atoms with van der Waals surface area (Å²) in [6.07, 6.45) is 1.09. The number of methoxy groups -OCH3 is 1. The third-order valence-electron chi connectivity index (χ3n) is 5.99. The molecule has 0 spiro atoms. The predicted octanol–water partition coefficient (Wildman–Crippen LogP) is 4.03. The van der Waals surface area contributed by atoms with Gasteiger partial charge in [0.15, 0.2) is 0 Å². The summed E-state index contributed by atoms with van der Waals surface area (Å²) >= 11 is 0. The lowest BCUT2D eigenvalue weighted by atomic mass is 10.1. The number of carbonyl (C=O) groups excluding carboxylic acids is 1. The molecule has 5 rings (SSSR count). The number of benzene rings is 3. The Hall–Kier alpha value is -3.69. The Labute approximate surface area is 197 Å². The predicted molar refractivity (Wildman–Crippen MR) is 130 cm³/mol. The summed E-state index contributed by atoms with van der Waals surface area (Å²) in [5, 5.41) is 2.87. The number of H-pyrrole nitrogens is 1. The summed E-state index contributed by atoms with van der Waals surface area (Å²) < 4.78 is 32.7. The lowest BCUT2D eigenvalue weighted by Gasteiger charge is -2.23. The SMILES string of the molecule is COc1ccc(S(=O)(=O)N2CCC[C@H]2C(=O)Nc2ccc(-c3nc4ccccc4[nH]3)cc2)cc1. The van der Waals surface area contributed by atoms with Crippen molar-refractivity contribution >= 4 is 32.7 Å². The average molecular weight is 477 g/mol. The summed E-state index contributed by atoms with van der Waals surface area (Å²) in [5.74, 6) is 0.971. The molecular formula is C25H24N4O4S. The van der Waals surface area contributed by atoms with Crippen molar-refractivity contribution in [2.75, 3.05) is 19.0 Å². The van der Waals surface area contributed by atoms with Crippen LogP contribution < -0.4 is 10.1 Å². The van der Waals surface area contributed by atoms with E-state index in [2.05, 4.69) is 15.3 Å². The standard InChI is InChI=1S/C25H24N4O4S/c1-33-19-12-14-20(15-13-19)34(31,32)29-16-4-7-23(29)25(30)26-18-10-8-17(9-11-18)24-27-21-5-2-3-6-22(21)28-24/h2-3,5-6,8-15,23H,4,7,16H2,1H3,(H,26,30)(H,27,28)/t23-/m0/s1. The Balaban J connectivity index is 1.31. The molecule has 34 heavy (non-hydrogen) atoms. The number of imidazole rings is 1. The number of anilines is 1. The summed E-state index contributed by atoms with van der Waals surface area (Å²) in [6, 6.07) is 20.5. The van der Waals surface area contributed by atoms with Gasteiger partial charge in [-0.1, -0.05) is 12.1 Å². The zero-order valence-electron chi connectivity index (χ0n) is 18.6. The van der Waals surface area contributed by atoms with Crippen LogP contribution in [0.5, 0.6) is 5.75 Å². The highest BCUT2D eigenvalue weighted by atomic mass is 32.2. The summed E-state index contributed by atoms with van der Waals surface area (Å²) in [6.45, 7) is 0.303. The van der Waals surface area contributed by atoms with Crippen LogP contribution in [0.3, 0.4) is 0 Å². The molecule has 9 heteroatoms. The number of carbonyl (C=O) groups is 1. The normalized spacial score (nSPS) is 16.6. The fourth-order valence-corrected chi connectivity index (χ4v) is 5.86. The van der Waals surface area contributed by atoms with E-state index in [1.54, 1.807) is 24.3 Å². The van der Waals surface area contributed by atoms with Crippen LogP contribution in [0.4, 0.5) is 5.69 Å². The van der Waals surface area contributed by atoms with E-state index >= 15 is 0 Å². The van der Waals surface area contributed by atoms with Crippen LogP contribution in [0.25, 0.3) is 22.4 Å². The van der Waals surface area contributed by atoms with Gasteiger partial charge < -0.3 is 15.0 Å². The zero-order chi connectivity index (χ0) is 23.7. The van der Waals surface area contributed by atoms with Crippen molar-refractivity contribution in [2.45, 2.75) is 23.8 Å². The second-order valence-electron chi connectivity index (χ2n) is 8.12. The van der Waals surface area contributed by atoms with Gasteiger partial charge in [0.2, 0.25) is 15.9 Å². The number of hydrogen-bond acceptors (Lipinski definition) is 5. The summed E-state index contributed by atoms with van der Waals surface area (Å²) in [7, 11) is -2.28. The minimum absolute atomic E-state index is 0.142. The van der Waals surface area contributed by atoms with E-state index in [1.165, 1.54) is 23.5 Å². The van der Waals surface area contributed by atoms with Gasteiger partial charge in [0.25, 0.3) is 0 Å². The number of nitrogens with one attached hydrogen (secondary N) is 2. The molecule has 0 radical (unpaired) electrons. The molecular weight excluding hydrogens is 452 g/mol.